The minimum Gasteiger partial charge on any atom is -0.861 e. The molecule has 0 spiro atoms. The quantitative estimate of drug-likeness (QED) is 0.0690. The number of nitrogens with zero attached hydrogens (tertiary/aromatic N) is 2. The second-order valence-electron chi connectivity index (χ2n) is 14.4. The molecule has 7 heteroatoms. The SMILES string of the molecule is NC(Cc1ccccc1)C([O-])=Nc1cc2ccc3cccc4ccc(c1)c2c34.NC(Cc1ccccc1)C([O-])=Nc1cc2ccc3cccc4ccc(c1)c2c34.[Cu+2]. The van der Waals surface area contributed by atoms with Crippen molar-refractivity contribution in [3.63, 3.8) is 0 Å². The van der Waals surface area contributed by atoms with Gasteiger partial charge in [-0.3, -0.25) is 9.98 Å². The first kappa shape index (κ1) is 37.6. The Morgan fingerprint density at radius 1 is 0.386 bits per heavy atom. The monoisotopic (exact) mass is 789 g/mol. The largest absolute Gasteiger partial charge is 2.00 e. The van der Waals surface area contributed by atoms with Gasteiger partial charge in [0.1, 0.15) is 0 Å². The molecule has 1 radical (unpaired) electrons. The standard InChI is InChI=1S/2C25H20N2O.Cu/c2*26-22(13-16-5-2-1-3-6-16)25(28)27-21-14-19-11-9-17-7-4-8-18-10-12-20(15-21)24(19)23(17)18;/h2*1-12,14-15,22H,13,26H2,(H,27,28);/q;;+2/p-2. The van der Waals surface area contributed by atoms with Crippen LogP contribution in [0, 0.1) is 0 Å². The van der Waals surface area contributed by atoms with Crippen molar-refractivity contribution in [2.45, 2.75) is 24.9 Å². The van der Waals surface area contributed by atoms with Crippen molar-refractivity contribution in [2.24, 2.45) is 21.5 Å². The molecule has 57 heavy (non-hydrogen) atoms. The molecule has 0 aliphatic heterocycles. The van der Waals surface area contributed by atoms with Crippen LogP contribution in [0.15, 0.2) is 180 Å². The van der Waals surface area contributed by atoms with E-state index >= 15 is 0 Å². The summed E-state index contributed by atoms with van der Waals surface area (Å²) in [4.78, 5) is 8.63. The molecule has 0 aliphatic carbocycles. The fourth-order valence-corrected chi connectivity index (χ4v) is 7.93. The smallest absolute Gasteiger partial charge is 0.861 e. The van der Waals surface area contributed by atoms with Gasteiger partial charge >= 0.3 is 17.1 Å². The van der Waals surface area contributed by atoms with E-state index in [2.05, 4.69) is 94.9 Å². The van der Waals surface area contributed by atoms with Crippen LogP contribution in [-0.2, 0) is 29.9 Å². The first-order chi connectivity index (χ1) is 27.4. The van der Waals surface area contributed by atoms with Crippen LogP contribution in [0.3, 0.4) is 0 Å². The van der Waals surface area contributed by atoms with Crippen LogP contribution in [0.4, 0.5) is 11.4 Å². The fraction of sp³-hybridized carbons (Fsp3) is 0.0800. The van der Waals surface area contributed by atoms with E-state index in [1.165, 1.54) is 43.1 Å². The van der Waals surface area contributed by atoms with Gasteiger partial charge in [-0.05, 0) is 125 Å². The zero-order valence-electron chi connectivity index (χ0n) is 30.9. The molecule has 4 N–H and O–H groups in total. The average molecular weight is 790 g/mol. The van der Waals surface area contributed by atoms with Crippen LogP contribution >= 0.6 is 0 Å². The van der Waals surface area contributed by atoms with Gasteiger partial charge < -0.3 is 21.7 Å². The summed E-state index contributed by atoms with van der Waals surface area (Å²) < 4.78 is 0. The number of rotatable bonds is 8. The van der Waals surface area contributed by atoms with Gasteiger partial charge in [0.2, 0.25) is 0 Å². The summed E-state index contributed by atoms with van der Waals surface area (Å²) in [5.41, 5.74) is 15.6. The number of aliphatic imine (C=N–C) groups is 2. The fourth-order valence-electron chi connectivity index (χ4n) is 7.93. The number of nitrogens with two attached hydrogens (primary N) is 2. The summed E-state index contributed by atoms with van der Waals surface area (Å²) in [5, 5.41) is 39.3. The van der Waals surface area contributed by atoms with E-state index in [0.717, 1.165) is 32.7 Å². The molecule has 10 rings (SSSR count). The Morgan fingerprint density at radius 3 is 0.982 bits per heavy atom. The topological polar surface area (TPSA) is 123 Å². The van der Waals surface area contributed by atoms with E-state index in [1.807, 2.05) is 84.9 Å². The van der Waals surface area contributed by atoms with Crippen LogP contribution < -0.4 is 21.7 Å². The second kappa shape index (κ2) is 16.0. The number of hydrogen-bond donors (Lipinski definition) is 2. The van der Waals surface area contributed by atoms with Gasteiger partial charge in [0, 0.05) is 12.1 Å². The van der Waals surface area contributed by atoms with Crippen molar-refractivity contribution in [3.05, 3.63) is 181 Å². The maximum atomic E-state index is 12.6. The molecule has 2 unspecified atom stereocenters. The first-order valence-electron chi connectivity index (χ1n) is 18.8. The molecular formula is C50H38CuN4O2. The van der Waals surface area contributed by atoms with Crippen molar-refractivity contribution in [2.75, 3.05) is 0 Å². The van der Waals surface area contributed by atoms with Crippen LogP contribution in [-0.4, -0.2) is 23.9 Å². The van der Waals surface area contributed by atoms with E-state index in [9.17, 15) is 10.2 Å². The minimum absolute atomic E-state index is 0. The molecule has 0 saturated heterocycles. The first-order valence-corrected chi connectivity index (χ1v) is 18.8. The number of benzene rings is 10. The van der Waals surface area contributed by atoms with Gasteiger partial charge in [0.05, 0.1) is 11.4 Å². The zero-order valence-corrected chi connectivity index (χ0v) is 31.8. The normalized spacial score (nSPS) is 13.3. The van der Waals surface area contributed by atoms with Crippen LogP contribution in [0.5, 0.6) is 0 Å². The Hall–Kier alpha value is -6.34. The average Bonchev–Trinajstić information content (AvgIpc) is 3.22. The van der Waals surface area contributed by atoms with Crippen molar-refractivity contribution in [1.82, 2.24) is 0 Å². The van der Waals surface area contributed by atoms with Crippen LogP contribution in [0.25, 0.3) is 64.6 Å². The van der Waals surface area contributed by atoms with Crippen LogP contribution in [0.1, 0.15) is 11.1 Å². The molecule has 2 atom stereocenters. The zero-order chi connectivity index (χ0) is 38.2. The van der Waals surface area contributed by atoms with Gasteiger partial charge in [-0.15, -0.1) is 0 Å². The summed E-state index contributed by atoms with van der Waals surface area (Å²) >= 11 is 0. The second-order valence-corrected chi connectivity index (χ2v) is 14.4. The van der Waals surface area contributed by atoms with Crippen molar-refractivity contribution in [3.8, 4) is 0 Å². The van der Waals surface area contributed by atoms with E-state index in [1.54, 1.807) is 0 Å². The van der Waals surface area contributed by atoms with Crippen molar-refractivity contribution < 1.29 is 27.3 Å². The molecule has 0 heterocycles. The molecule has 0 saturated carbocycles. The van der Waals surface area contributed by atoms with Gasteiger partial charge in [0.15, 0.2) is 0 Å². The third-order valence-corrected chi connectivity index (χ3v) is 10.6. The van der Waals surface area contributed by atoms with Crippen molar-refractivity contribution in [1.29, 1.82) is 0 Å². The van der Waals surface area contributed by atoms with Crippen LogP contribution in [0.2, 0.25) is 0 Å². The molecule has 10 aromatic rings. The third kappa shape index (κ3) is 7.62. The molecule has 281 valence electrons. The van der Waals surface area contributed by atoms with Gasteiger partial charge in [-0.2, -0.15) is 0 Å². The van der Waals surface area contributed by atoms with Gasteiger partial charge in [-0.1, -0.05) is 146 Å². The molecule has 6 nitrogen and oxygen atoms in total. The van der Waals surface area contributed by atoms with E-state index in [4.69, 9.17) is 11.5 Å². The Morgan fingerprint density at radius 2 is 0.667 bits per heavy atom. The Balaban J connectivity index is 0.000000157. The Bertz CT molecular complexity index is 2700. The Labute approximate surface area is 341 Å². The van der Waals surface area contributed by atoms with Gasteiger partial charge in [0.25, 0.3) is 0 Å². The minimum atomic E-state index is -0.645. The maximum absolute atomic E-state index is 12.6. The predicted octanol–water partition coefficient (Wildman–Crippen LogP) is 9.09. The summed E-state index contributed by atoms with van der Waals surface area (Å²) in [5.74, 6) is -0.589. The summed E-state index contributed by atoms with van der Waals surface area (Å²) in [7, 11) is 0. The molecule has 0 bridgehead atoms. The summed E-state index contributed by atoms with van der Waals surface area (Å²) in [6, 6.07) is 55.7. The predicted molar refractivity (Wildman–Crippen MR) is 231 cm³/mol. The number of hydrogen-bond acceptors (Lipinski definition) is 6. The summed E-state index contributed by atoms with van der Waals surface area (Å²) in [6.07, 6.45) is 0.967. The Kier molecular flexibility index (Phi) is 10.6. The van der Waals surface area contributed by atoms with Crippen molar-refractivity contribution >= 4 is 87.8 Å². The van der Waals surface area contributed by atoms with E-state index in [0.29, 0.717) is 24.2 Å². The van der Waals surface area contributed by atoms with E-state index < -0.39 is 12.1 Å². The maximum Gasteiger partial charge on any atom is 2.00 e. The van der Waals surface area contributed by atoms with E-state index in [-0.39, 0.29) is 28.9 Å². The van der Waals surface area contributed by atoms with Gasteiger partial charge in [-0.25, -0.2) is 0 Å². The molecule has 0 aliphatic rings. The third-order valence-electron chi connectivity index (χ3n) is 10.6. The molecule has 0 aromatic heterocycles. The summed E-state index contributed by atoms with van der Waals surface area (Å²) in [6.45, 7) is 0. The molecular weight excluding hydrogens is 752 g/mol. The molecule has 10 aromatic carbocycles. The molecule has 0 fully saturated rings. The molecule has 0 amide bonds.